The van der Waals surface area contributed by atoms with E-state index in [4.69, 9.17) is 14.2 Å². The monoisotopic (exact) mass is 572 g/mol. The number of ketones is 1. The van der Waals surface area contributed by atoms with Crippen LogP contribution in [0.15, 0.2) is 0 Å². The Morgan fingerprint density at radius 1 is 1.07 bits per heavy atom. The molecule has 2 rings (SSSR count). The van der Waals surface area contributed by atoms with E-state index in [1.54, 1.807) is 27.7 Å². The Kier molecular flexibility index (Phi) is 12.2. The second-order valence-corrected chi connectivity index (χ2v) is 13.3. The Morgan fingerprint density at radius 2 is 1.68 bits per heavy atom. The average Bonchev–Trinajstić information content (AvgIpc) is 2.86. The van der Waals surface area contributed by atoms with Crippen molar-refractivity contribution in [2.45, 2.75) is 135 Å². The standard InChI is InChI=1S/C30H56N2O8/c1-12-23-30(8,37)26(34)21(6)32(11)16-17(2)15-29(7,36)27(19(4)25(33)20(5)28(35)39-23)40-24-14-22(31(9)10)13-18(3)38-24/h17-24,26-27,34,36-37H,12-16H2,1-11H3/t17-,18-,19+,20-,21-,22?,23-,24+,26-,27-,29-,30-/m1/s1. The third-order valence-electron chi connectivity index (χ3n) is 9.17. The van der Waals surface area contributed by atoms with Gasteiger partial charge in [0.1, 0.15) is 23.7 Å². The van der Waals surface area contributed by atoms with Gasteiger partial charge in [-0.2, -0.15) is 0 Å². The fourth-order valence-corrected chi connectivity index (χ4v) is 6.53. The first-order valence-corrected chi connectivity index (χ1v) is 14.9. The molecule has 0 aliphatic carbocycles. The van der Waals surface area contributed by atoms with Gasteiger partial charge in [-0.05, 0) is 80.9 Å². The van der Waals surface area contributed by atoms with E-state index < -0.39 is 65.4 Å². The van der Waals surface area contributed by atoms with Gasteiger partial charge in [0.2, 0.25) is 0 Å². The third kappa shape index (κ3) is 8.24. The normalized spacial score (nSPS) is 45.6. The highest BCUT2D eigenvalue weighted by Crippen LogP contribution is 2.35. The van der Waals surface area contributed by atoms with Crippen molar-refractivity contribution in [3.8, 4) is 0 Å². The molecule has 0 aromatic rings. The maximum Gasteiger partial charge on any atom is 0.316 e. The molecule has 10 nitrogen and oxygen atoms in total. The molecule has 2 aliphatic rings. The number of cyclic esters (lactones) is 1. The summed E-state index contributed by atoms with van der Waals surface area (Å²) in [6.45, 7) is 14.3. The number of carbonyl (C=O) groups excluding carboxylic acids is 2. The van der Waals surface area contributed by atoms with Crippen LogP contribution in [0.1, 0.15) is 81.1 Å². The van der Waals surface area contributed by atoms with E-state index in [9.17, 15) is 24.9 Å². The van der Waals surface area contributed by atoms with Crippen LogP contribution in [0, 0.1) is 17.8 Å². The first-order chi connectivity index (χ1) is 18.3. The molecule has 40 heavy (non-hydrogen) atoms. The quantitative estimate of drug-likeness (QED) is 0.341. The second-order valence-electron chi connectivity index (χ2n) is 13.3. The minimum Gasteiger partial charge on any atom is -0.459 e. The summed E-state index contributed by atoms with van der Waals surface area (Å²) in [5.74, 6) is -3.28. The highest BCUT2D eigenvalue weighted by atomic mass is 16.7. The van der Waals surface area contributed by atoms with Crippen LogP contribution in [0.5, 0.6) is 0 Å². The summed E-state index contributed by atoms with van der Waals surface area (Å²) in [5.41, 5.74) is -3.18. The molecule has 234 valence electrons. The largest absolute Gasteiger partial charge is 0.459 e. The second kappa shape index (κ2) is 13.9. The predicted octanol–water partition coefficient (Wildman–Crippen LogP) is 2.21. The molecule has 10 heteroatoms. The predicted molar refractivity (Wildman–Crippen MR) is 153 cm³/mol. The Labute approximate surface area is 241 Å². The smallest absolute Gasteiger partial charge is 0.316 e. The van der Waals surface area contributed by atoms with E-state index in [2.05, 4.69) is 4.90 Å². The Morgan fingerprint density at radius 3 is 2.23 bits per heavy atom. The van der Waals surface area contributed by atoms with Crippen LogP contribution in [-0.2, 0) is 23.8 Å². The Hall–Kier alpha value is -1.14. The van der Waals surface area contributed by atoms with Crippen LogP contribution in [0.3, 0.4) is 0 Å². The summed E-state index contributed by atoms with van der Waals surface area (Å²) in [6.07, 6.45) is -1.89. The summed E-state index contributed by atoms with van der Waals surface area (Å²) in [7, 11) is 5.87. The molecule has 2 fully saturated rings. The van der Waals surface area contributed by atoms with Gasteiger partial charge in [0.15, 0.2) is 12.1 Å². The molecular weight excluding hydrogens is 516 g/mol. The lowest BCUT2D eigenvalue weighted by atomic mass is 9.78. The zero-order valence-electron chi connectivity index (χ0n) is 26.6. The average molecular weight is 573 g/mol. The molecule has 2 heterocycles. The fourth-order valence-electron chi connectivity index (χ4n) is 6.53. The molecular formula is C30H56N2O8. The van der Waals surface area contributed by atoms with Crippen LogP contribution in [0.2, 0.25) is 0 Å². The van der Waals surface area contributed by atoms with Crippen molar-refractivity contribution in [2.75, 3.05) is 27.7 Å². The number of carbonyl (C=O) groups is 2. The van der Waals surface area contributed by atoms with Crippen molar-refractivity contribution in [1.82, 2.24) is 9.80 Å². The maximum absolute atomic E-state index is 13.7. The van der Waals surface area contributed by atoms with Gasteiger partial charge in [0.05, 0.1) is 17.8 Å². The van der Waals surface area contributed by atoms with E-state index in [1.165, 1.54) is 13.8 Å². The van der Waals surface area contributed by atoms with E-state index in [0.29, 0.717) is 19.4 Å². The number of likely N-dealkylation sites (N-methyl/N-ethyl adjacent to an activating group) is 1. The van der Waals surface area contributed by atoms with Crippen LogP contribution in [0.4, 0.5) is 0 Å². The summed E-state index contributed by atoms with van der Waals surface area (Å²) in [6, 6.07) is -0.259. The minimum absolute atomic E-state index is 0.0578. The molecule has 0 saturated carbocycles. The van der Waals surface area contributed by atoms with Gasteiger partial charge in [0.25, 0.3) is 0 Å². The molecule has 0 bridgehead atoms. The summed E-state index contributed by atoms with van der Waals surface area (Å²) in [5, 5.41) is 34.3. The Balaban J connectivity index is 2.49. The van der Waals surface area contributed by atoms with Gasteiger partial charge < -0.3 is 39.3 Å². The van der Waals surface area contributed by atoms with Crippen molar-refractivity contribution in [2.24, 2.45) is 17.8 Å². The lowest BCUT2D eigenvalue weighted by molar-refractivity contribution is -0.259. The van der Waals surface area contributed by atoms with Gasteiger partial charge in [-0.25, -0.2) is 0 Å². The van der Waals surface area contributed by atoms with Gasteiger partial charge in [-0.3, -0.25) is 9.59 Å². The molecule has 0 spiro atoms. The molecule has 0 aromatic heterocycles. The van der Waals surface area contributed by atoms with E-state index in [1.807, 2.05) is 39.9 Å². The fraction of sp³-hybridized carbons (Fsp3) is 0.933. The topological polar surface area (TPSA) is 129 Å². The number of hydrogen-bond acceptors (Lipinski definition) is 10. The van der Waals surface area contributed by atoms with Gasteiger partial charge >= 0.3 is 5.97 Å². The minimum atomic E-state index is -1.75. The molecule has 2 aliphatic heterocycles. The number of rotatable bonds is 4. The van der Waals surface area contributed by atoms with Crippen molar-refractivity contribution < 1.29 is 39.1 Å². The summed E-state index contributed by atoms with van der Waals surface area (Å²) in [4.78, 5) is 31.0. The highest BCUT2D eigenvalue weighted by Gasteiger charge is 2.48. The summed E-state index contributed by atoms with van der Waals surface area (Å²) >= 11 is 0. The van der Waals surface area contributed by atoms with Gasteiger partial charge in [0, 0.05) is 31.0 Å². The first kappa shape index (κ1) is 35.1. The number of aliphatic hydroxyl groups is 3. The van der Waals surface area contributed by atoms with Gasteiger partial charge in [-0.15, -0.1) is 0 Å². The van der Waals surface area contributed by atoms with Gasteiger partial charge in [-0.1, -0.05) is 20.8 Å². The van der Waals surface area contributed by atoms with E-state index >= 15 is 0 Å². The zero-order chi connectivity index (χ0) is 30.7. The molecule has 3 N–H and O–H groups in total. The molecule has 0 aromatic carbocycles. The van der Waals surface area contributed by atoms with Crippen molar-refractivity contribution in [3.05, 3.63) is 0 Å². The van der Waals surface area contributed by atoms with Crippen molar-refractivity contribution in [3.63, 3.8) is 0 Å². The van der Waals surface area contributed by atoms with Crippen molar-refractivity contribution >= 4 is 11.8 Å². The number of ether oxygens (including phenoxy) is 3. The highest BCUT2D eigenvalue weighted by molar-refractivity contribution is 6.00. The lowest BCUT2D eigenvalue weighted by Gasteiger charge is -2.44. The third-order valence-corrected chi connectivity index (χ3v) is 9.17. The Bertz CT molecular complexity index is 850. The number of hydrogen-bond donors (Lipinski definition) is 3. The lowest BCUT2D eigenvalue weighted by Crippen LogP contribution is -2.59. The summed E-state index contributed by atoms with van der Waals surface area (Å²) < 4.78 is 18.3. The number of nitrogens with zero attached hydrogens (tertiary/aromatic N) is 2. The van der Waals surface area contributed by atoms with E-state index in [0.717, 1.165) is 6.42 Å². The van der Waals surface area contributed by atoms with Crippen LogP contribution < -0.4 is 0 Å². The SMILES string of the molecule is CC[C@H]1OC(=O)[C@H](C)C(=O)[C@H](C)[C@@H](O[C@H]2CC(N(C)C)C[C@@H](C)O2)[C@](C)(O)C[C@@H](C)CN(C)[C@H](C)[C@@H](O)[C@]1(C)O. The van der Waals surface area contributed by atoms with Crippen molar-refractivity contribution in [1.29, 1.82) is 0 Å². The molecule has 2 saturated heterocycles. The number of aliphatic hydroxyl groups excluding tert-OH is 1. The molecule has 1 unspecified atom stereocenters. The molecule has 0 amide bonds. The van der Waals surface area contributed by atoms with Crippen LogP contribution in [-0.4, -0.2) is 119 Å². The zero-order valence-corrected chi connectivity index (χ0v) is 26.6. The maximum atomic E-state index is 13.7. The van der Waals surface area contributed by atoms with E-state index in [-0.39, 0.29) is 24.5 Å². The number of Topliss-reactive ketones (excluding diaryl/α,β-unsaturated/α-hetero) is 1. The molecule has 0 radical (unpaired) electrons. The van der Waals surface area contributed by atoms with Crippen LogP contribution in [0.25, 0.3) is 0 Å². The first-order valence-electron chi connectivity index (χ1n) is 14.9. The number of esters is 1. The molecule has 12 atom stereocenters. The van der Waals surface area contributed by atoms with Crippen LogP contribution >= 0.6 is 0 Å².